The lowest BCUT2D eigenvalue weighted by molar-refractivity contribution is -0.115. The maximum absolute atomic E-state index is 11.1. The standard InChI is InChI=1S/C15H16BrN3O/c1-10-4-5-13(16)6-14(10)12-7-17-15(18-8-12)19(3)9-11(2)20/h4-8H,9H2,1-3H3. The van der Waals surface area contributed by atoms with Gasteiger partial charge in [-0.2, -0.15) is 0 Å². The van der Waals surface area contributed by atoms with Crippen molar-refractivity contribution in [3.05, 3.63) is 40.6 Å². The second kappa shape index (κ2) is 6.13. The van der Waals surface area contributed by atoms with Gasteiger partial charge < -0.3 is 4.90 Å². The number of Topliss-reactive ketones (excluding diaryl/α,β-unsaturated/α-hetero) is 1. The van der Waals surface area contributed by atoms with E-state index in [0.717, 1.165) is 15.6 Å². The third-order valence-corrected chi connectivity index (χ3v) is 3.44. The van der Waals surface area contributed by atoms with Gasteiger partial charge in [-0.1, -0.05) is 22.0 Å². The van der Waals surface area contributed by atoms with Crippen LogP contribution in [0.15, 0.2) is 35.1 Å². The first-order chi connectivity index (χ1) is 9.47. The fourth-order valence-electron chi connectivity index (χ4n) is 1.97. The van der Waals surface area contributed by atoms with Crippen molar-refractivity contribution in [2.24, 2.45) is 0 Å². The van der Waals surface area contributed by atoms with Crippen LogP contribution < -0.4 is 4.90 Å². The predicted molar refractivity (Wildman–Crippen MR) is 83.9 cm³/mol. The van der Waals surface area contributed by atoms with Crippen LogP contribution in [0.1, 0.15) is 12.5 Å². The number of rotatable bonds is 4. The molecule has 0 spiro atoms. The van der Waals surface area contributed by atoms with E-state index >= 15 is 0 Å². The number of carbonyl (C=O) groups is 1. The number of halogens is 1. The quantitative estimate of drug-likeness (QED) is 0.861. The summed E-state index contributed by atoms with van der Waals surface area (Å²) in [4.78, 5) is 21.5. The molecule has 104 valence electrons. The minimum absolute atomic E-state index is 0.0861. The van der Waals surface area contributed by atoms with Gasteiger partial charge in [-0.25, -0.2) is 9.97 Å². The predicted octanol–water partition coefficient (Wildman–Crippen LogP) is 3.24. The van der Waals surface area contributed by atoms with Gasteiger partial charge in [0.25, 0.3) is 0 Å². The van der Waals surface area contributed by atoms with Crippen LogP contribution in [0.25, 0.3) is 11.1 Å². The van der Waals surface area contributed by atoms with Gasteiger partial charge in [-0.3, -0.25) is 4.79 Å². The third-order valence-electron chi connectivity index (χ3n) is 2.95. The Labute approximate surface area is 127 Å². The minimum atomic E-state index is 0.0861. The molecule has 0 N–H and O–H groups in total. The molecule has 1 aromatic carbocycles. The van der Waals surface area contributed by atoms with Crippen LogP contribution in [0.4, 0.5) is 5.95 Å². The maximum Gasteiger partial charge on any atom is 0.225 e. The van der Waals surface area contributed by atoms with Gasteiger partial charge in [0.1, 0.15) is 5.78 Å². The second-order valence-electron chi connectivity index (χ2n) is 4.79. The molecule has 0 amide bonds. The summed E-state index contributed by atoms with van der Waals surface area (Å²) in [7, 11) is 1.81. The first kappa shape index (κ1) is 14.7. The summed E-state index contributed by atoms with van der Waals surface area (Å²) in [6, 6.07) is 6.11. The molecule has 2 aromatic rings. The molecular weight excluding hydrogens is 318 g/mol. The fraction of sp³-hybridized carbons (Fsp3) is 0.267. The van der Waals surface area contributed by atoms with Crippen molar-refractivity contribution >= 4 is 27.7 Å². The topological polar surface area (TPSA) is 46.1 Å². The van der Waals surface area contributed by atoms with E-state index in [-0.39, 0.29) is 5.78 Å². The molecule has 1 aromatic heterocycles. The highest BCUT2D eigenvalue weighted by Gasteiger charge is 2.08. The molecule has 20 heavy (non-hydrogen) atoms. The molecule has 0 saturated carbocycles. The molecule has 0 unspecified atom stereocenters. The number of benzene rings is 1. The first-order valence-corrected chi connectivity index (χ1v) is 7.06. The van der Waals surface area contributed by atoms with Gasteiger partial charge in [0.2, 0.25) is 5.95 Å². The highest BCUT2D eigenvalue weighted by Crippen LogP contribution is 2.26. The molecule has 0 aliphatic carbocycles. The molecule has 1 heterocycles. The maximum atomic E-state index is 11.1. The molecule has 5 heteroatoms. The number of aryl methyl sites for hydroxylation is 1. The van der Waals surface area contributed by atoms with Crippen LogP contribution in [0.2, 0.25) is 0 Å². The van der Waals surface area contributed by atoms with Crippen molar-refractivity contribution in [2.75, 3.05) is 18.5 Å². The fourth-order valence-corrected chi connectivity index (χ4v) is 2.33. The van der Waals surface area contributed by atoms with Crippen LogP contribution in [0.5, 0.6) is 0 Å². The van der Waals surface area contributed by atoms with Gasteiger partial charge in [-0.05, 0) is 37.1 Å². The van der Waals surface area contributed by atoms with E-state index in [0.29, 0.717) is 12.5 Å². The molecule has 0 bridgehead atoms. The van der Waals surface area contributed by atoms with E-state index in [1.165, 1.54) is 5.56 Å². The number of hydrogen-bond acceptors (Lipinski definition) is 4. The second-order valence-corrected chi connectivity index (χ2v) is 5.70. The van der Waals surface area contributed by atoms with Crippen LogP contribution in [-0.2, 0) is 4.79 Å². The van der Waals surface area contributed by atoms with Gasteiger partial charge in [-0.15, -0.1) is 0 Å². The summed E-state index contributed by atoms with van der Waals surface area (Å²) < 4.78 is 1.02. The average Bonchev–Trinajstić information content (AvgIpc) is 2.41. The minimum Gasteiger partial charge on any atom is -0.337 e. The monoisotopic (exact) mass is 333 g/mol. The van der Waals surface area contributed by atoms with E-state index in [4.69, 9.17) is 0 Å². The first-order valence-electron chi connectivity index (χ1n) is 6.26. The van der Waals surface area contributed by atoms with Gasteiger partial charge in [0, 0.05) is 29.5 Å². The molecule has 2 rings (SSSR count). The number of anilines is 1. The summed E-state index contributed by atoms with van der Waals surface area (Å²) in [5, 5.41) is 0. The zero-order chi connectivity index (χ0) is 14.7. The van der Waals surface area contributed by atoms with Gasteiger partial charge in [0.05, 0.1) is 6.54 Å². The molecular formula is C15H16BrN3O. The third kappa shape index (κ3) is 3.42. The Kier molecular flexibility index (Phi) is 4.49. The summed E-state index contributed by atoms with van der Waals surface area (Å²) in [6.07, 6.45) is 3.57. The molecule has 4 nitrogen and oxygen atoms in total. The normalized spacial score (nSPS) is 10.4. The zero-order valence-electron chi connectivity index (χ0n) is 11.7. The van der Waals surface area contributed by atoms with Crippen molar-refractivity contribution in [2.45, 2.75) is 13.8 Å². The highest BCUT2D eigenvalue weighted by molar-refractivity contribution is 9.10. The smallest absolute Gasteiger partial charge is 0.225 e. The van der Waals surface area contributed by atoms with E-state index in [1.807, 2.05) is 12.1 Å². The van der Waals surface area contributed by atoms with Crippen LogP contribution >= 0.6 is 15.9 Å². The molecule has 0 fully saturated rings. The van der Waals surface area contributed by atoms with E-state index < -0.39 is 0 Å². The zero-order valence-corrected chi connectivity index (χ0v) is 13.3. The molecule has 0 saturated heterocycles. The Morgan fingerprint density at radius 1 is 1.30 bits per heavy atom. The Morgan fingerprint density at radius 2 is 1.95 bits per heavy atom. The number of likely N-dealkylation sites (N-methyl/N-ethyl adjacent to an activating group) is 1. The molecule has 0 radical (unpaired) electrons. The average molecular weight is 334 g/mol. The Bertz CT molecular complexity index is 626. The molecule has 0 aliphatic rings. The lowest BCUT2D eigenvalue weighted by Gasteiger charge is -2.15. The van der Waals surface area contributed by atoms with E-state index in [2.05, 4.69) is 38.9 Å². The summed E-state index contributed by atoms with van der Waals surface area (Å²) in [5.74, 6) is 0.639. The molecule has 0 aliphatic heterocycles. The van der Waals surface area contributed by atoms with Gasteiger partial charge >= 0.3 is 0 Å². The lowest BCUT2D eigenvalue weighted by Crippen LogP contribution is -2.25. The summed E-state index contributed by atoms with van der Waals surface area (Å²) in [5.41, 5.74) is 3.23. The van der Waals surface area contributed by atoms with Crippen LogP contribution in [-0.4, -0.2) is 29.3 Å². The van der Waals surface area contributed by atoms with Crippen LogP contribution in [0, 0.1) is 6.92 Å². The number of aromatic nitrogens is 2. The summed E-state index contributed by atoms with van der Waals surface area (Å²) >= 11 is 3.47. The number of carbonyl (C=O) groups excluding carboxylic acids is 1. The highest BCUT2D eigenvalue weighted by atomic mass is 79.9. The number of ketones is 1. The Balaban J connectivity index is 2.28. The van der Waals surface area contributed by atoms with Crippen molar-refractivity contribution in [1.29, 1.82) is 0 Å². The van der Waals surface area contributed by atoms with Crippen molar-refractivity contribution < 1.29 is 4.79 Å². The lowest BCUT2D eigenvalue weighted by atomic mass is 10.0. The molecule has 0 atom stereocenters. The van der Waals surface area contributed by atoms with E-state index in [1.54, 1.807) is 31.3 Å². The van der Waals surface area contributed by atoms with E-state index in [9.17, 15) is 4.79 Å². The number of hydrogen-bond donors (Lipinski definition) is 0. The van der Waals surface area contributed by atoms with Crippen molar-refractivity contribution in [3.8, 4) is 11.1 Å². The Hall–Kier alpha value is -1.75. The largest absolute Gasteiger partial charge is 0.337 e. The number of nitrogens with zero attached hydrogens (tertiary/aromatic N) is 3. The SMILES string of the molecule is CC(=O)CN(C)c1ncc(-c2cc(Br)ccc2C)cn1. The van der Waals surface area contributed by atoms with Crippen molar-refractivity contribution in [1.82, 2.24) is 9.97 Å². The van der Waals surface area contributed by atoms with Gasteiger partial charge in [0.15, 0.2) is 0 Å². The summed E-state index contributed by atoms with van der Waals surface area (Å²) in [6.45, 7) is 3.92. The van der Waals surface area contributed by atoms with Crippen LogP contribution in [0.3, 0.4) is 0 Å². The van der Waals surface area contributed by atoms with Crippen molar-refractivity contribution in [3.63, 3.8) is 0 Å². The Morgan fingerprint density at radius 3 is 2.55 bits per heavy atom.